The second-order valence-electron chi connectivity index (χ2n) is 4.02. The fourth-order valence-electron chi connectivity index (χ4n) is 1.10. The molecule has 1 aromatic heterocycles. The number of nitrogens with zero attached hydrogens (tertiary/aromatic N) is 2. The molecule has 90 valence electrons. The van der Waals surface area contributed by atoms with E-state index in [9.17, 15) is 13.2 Å². The zero-order valence-electron chi connectivity index (χ0n) is 9.12. The summed E-state index contributed by atoms with van der Waals surface area (Å²) >= 11 is 0. The van der Waals surface area contributed by atoms with Crippen LogP contribution in [0.25, 0.3) is 0 Å². The van der Waals surface area contributed by atoms with Crippen molar-refractivity contribution in [2.75, 3.05) is 0 Å². The van der Waals surface area contributed by atoms with Gasteiger partial charge in [0.05, 0.1) is 5.69 Å². The average Bonchev–Trinajstić information content (AvgIpc) is 2.17. The Kier molecular flexibility index (Phi) is 3.85. The minimum atomic E-state index is -4.44. The van der Waals surface area contributed by atoms with E-state index in [1.165, 1.54) is 6.07 Å². The predicted octanol–water partition coefficient (Wildman–Crippen LogP) is 2.02. The Labute approximate surface area is 91.9 Å². The molecule has 0 aliphatic heterocycles. The average molecular weight is 233 g/mol. The van der Waals surface area contributed by atoms with Gasteiger partial charge in [0.15, 0.2) is 5.69 Å². The Hall–Kier alpha value is -1.17. The molecule has 0 spiro atoms. The third kappa shape index (κ3) is 3.44. The Balaban J connectivity index is 2.72. The van der Waals surface area contributed by atoms with Crippen LogP contribution in [0.3, 0.4) is 0 Å². The minimum Gasteiger partial charge on any atom is -0.327 e. The molecule has 2 N–H and O–H groups in total. The summed E-state index contributed by atoms with van der Waals surface area (Å²) in [5.41, 5.74) is 5.29. The maximum atomic E-state index is 12.2. The highest BCUT2D eigenvalue weighted by molar-refractivity contribution is 5.10. The van der Waals surface area contributed by atoms with Gasteiger partial charge in [0.25, 0.3) is 0 Å². The van der Waals surface area contributed by atoms with E-state index in [4.69, 9.17) is 5.73 Å². The van der Waals surface area contributed by atoms with Crippen LogP contribution in [-0.4, -0.2) is 16.2 Å². The maximum absolute atomic E-state index is 12.2. The van der Waals surface area contributed by atoms with E-state index in [0.717, 1.165) is 6.07 Å². The molecular weight excluding hydrogens is 219 g/mol. The van der Waals surface area contributed by atoms with Crippen LogP contribution in [0.15, 0.2) is 12.1 Å². The van der Waals surface area contributed by atoms with E-state index in [2.05, 4.69) is 10.2 Å². The smallest absolute Gasteiger partial charge is 0.327 e. The molecule has 0 aromatic carbocycles. The van der Waals surface area contributed by atoms with Gasteiger partial charge in [-0.1, -0.05) is 13.8 Å². The van der Waals surface area contributed by atoms with Gasteiger partial charge < -0.3 is 5.73 Å². The lowest BCUT2D eigenvalue weighted by atomic mass is 10.0. The molecule has 0 amide bonds. The first-order valence-corrected chi connectivity index (χ1v) is 4.96. The number of alkyl halides is 3. The molecule has 0 aliphatic rings. The molecule has 0 bridgehead atoms. The molecule has 3 nitrogen and oxygen atoms in total. The first-order chi connectivity index (χ1) is 7.30. The van der Waals surface area contributed by atoms with Crippen molar-refractivity contribution in [2.24, 2.45) is 11.7 Å². The van der Waals surface area contributed by atoms with E-state index in [1.807, 2.05) is 13.8 Å². The van der Waals surface area contributed by atoms with Gasteiger partial charge in [0, 0.05) is 12.5 Å². The molecule has 1 atom stereocenters. The molecule has 1 rings (SSSR count). The SMILES string of the molecule is CC(C)C(N)Cc1ccc(C(F)(F)F)nn1. The normalized spacial score (nSPS) is 14.2. The first-order valence-electron chi connectivity index (χ1n) is 4.96. The quantitative estimate of drug-likeness (QED) is 0.869. The Morgan fingerprint density at radius 3 is 2.25 bits per heavy atom. The van der Waals surface area contributed by atoms with Crippen molar-refractivity contribution in [3.05, 3.63) is 23.5 Å². The molecule has 0 saturated heterocycles. The number of nitrogens with two attached hydrogens (primary N) is 1. The second-order valence-corrected chi connectivity index (χ2v) is 4.02. The number of rotatable bonds is 3. The Morgan fingerprint density at radius 1 is 1.25 bits per heavy atom. The largest absolute Gasteiger partial charge is 0.435 e. The molecule has 1 aromatic rings. The molecule has 1 unspecified atom stereocenters. The number of hydrogen-bond donors (Lipinski definition) is 1. The van der Waals surface area contributed by atoms with E-state index in [1.54, 1.807) is 0 Å². The minimum absolute atomic E-state index is 0.119. The fourth-order valence-corrected chi connectivity index (χ4v) is 1.10. The molecule has 0 radical (unpaired) electrons. The first kappa shape index (κ1) is 12.9. The summed E-state index contributed by atoms with van der Waals surface area (Å²) in [4.78, 5) is 0. The van der Waals surface area contributed by atoms with Gasteiger partial charge in [-0.15, -0.1) is 5.10 Å². The van der Waals surface area contributed by atoms with Crippen LogP contribution >= 0.6 is 0 Å². The van der Waals surface area contributed by atoms with Gasteiger partial charge in [-0.05, 0) is 18.1 Å². The number of halogens is 3. The third-order valence-corrected chi connectivity index (χ3v) is 2.31. The molecule has 0 fully saturated rings. The summed E-state index contributed by atoms with van der Waals surface area (Å²) in [7, 11) is 0. The van der Waals surface area contributed by atoms with Crippen molar-refractivity contribution in [3.63, 3.8) is 0 Å². The van der Waals surface area contributed by atoms with Gasteiger partial charge in [-0.2, -0.15) is 18.3 Å². The predicted molar refractivity (Wildman–Crippen MR) is 53.6 cm³/mol. The molecule has 0 aliphatic carbocycles. The summed E-state index contributed by atoms with van der Waals surface area (Å²) in [6.07, 6.45) is -4.01. The highest BCUT2D eigenvalue weighted by Gasteiger charge is 2.32. The number of aromatic nitrogens is 2. The van der Waals surface area contributed by atoms with Crippen molar-refractivity contribution in [1.29, 1.82) is 0 Å². The van der Waals surface area contributed by atoms with Gasteiger partial charge in [-0.3, -0.25) is 0 Å². The van der Waals surface area contributed by atoms with Crippen molar-refractivity contribution < 1.29 is 13.2 Å². The molecule has 1 heterocycles. The summed E-state index contributed by atoms with van der Waals surface area (Å²) in [5, 5.41) is 6.65. The lowest BCUT2D eigenvalue weighted by molar-refractivity contribution is -0.141. The summed E-state index contributed by atoms with van der Waals surface area (Å²) < 4.78 is 36.5. The van der Waals surface area contributed by atoms with Gasteiger partial charge in [-0.25, -0.2) is 0 Å². The highest BCUT2D eigenvalue weighted by atomic mass is 19.4. The van der Waals surface area contributed by atoms with E-state index in [-0.39, 0.29) is 12.0 Å². The Bertz CT molecular complexity index is 332. The standard InChI is InChI=1S/C10H14F3N3/c1-6(2)8(14)5-7-3-4-9(16-15-7)10(11,12)13/h3-4,6,8H,5,14H2,1-2H3. The van der Waals surface area contributed by atoms with E-state index in [0.29, 0.717) is 12.1 Å². The maximum Gasteiger partial charge on any atom is 0.435 e. The zero-order valence-corrected chi connectivity index (χ0v) is 9.12. The topological polar surface area (TPSA) is 51.8 Å². The summed E-state index contributed by atoms with van der Waals surface area (Å²) in [6, 6.07) is 2.12. The Morgan fingerprint density at radius 2 is 1.88 bits per heavy atom. The van der Waals surface area contributed by atoms with Crippen LogP contribution in [0.1, 0.15) is 25.2 Å². The van der Waals surface area contributed by atoms with Crippen molar-refractivity contribution in [3.8, 4) is 0 Å². The van der Waals surface area contributed by atoms with Crippen molar-refractivity contribution >= 4 is 0 Å². The van der Waals surface area contributed by atoms with Crippen molar-refractivity contribution in [2.45, 2.75) is 32.5 Å². The van der Waals surface area contributed by atoms with Gasteiger partial charge in [0.1, 0.15) is 0 Å². The number of hydrogen-bond acceptors (Lipinski definition) is 3. The van der Waals surface area contributed by atoms with Gasteiger partial charge >= 0.3 is 6.18 Å². The van der Waals surface area contributed by atoms with Crippen LogP contribution in [0, 0.1) is 5.92 Å². The van der Waals surface area contributed by atoms with E-state index < -0.39 is 11.9 Å². The molecular formula is C10H14F3N3. The summed E-state index contributed by atoms with van der Waals surface area (Å²) in [6.45, 7) is 3.89. The summed E-state index contributed by atoms with van der Waals surface area (Å²) in [5.74, 6) is 0.254. The van der Waals surface area contributed by atoms with Gasteiger partial charge in [0.2, 0.25) is 0 Å². The van der Waals surface area contributed by atoms with Crippen LogP contribution in [0.5, 0.6) is 0 Å². The van der Waals surface area contributed by atoms with Crippen LogP contribution in [0.4, 0.5) is 13.2 Å². The van der Waals surface area contributed by atoms with Crippen LogP contribution in [0.2, 0.25) is 0 Å². The molecule has 6 heteroatoms. The fraction of sp³-hybridized carbons (Fsp3) is 0.600. The second kappa shape index (κ2) is 4.78. The lowest BCUT2D eigenvalue weighted by Gasteiger charge is -2.14. The lowest BCUT2D eigenvalue weighted by Crippen LogP contribution is -2.29. The van der Waals surface area contributed by atoms with Crippen LogP contribution < -0.4 is 5.73 Å². The van der Waals surface area contributed by atoms with Crippen molar-refractivity contribution in [1.82, 2.24) is 10.2 Å². The monoisotopic (exact) mass is 233 g/mol. The third-order valence-electron chi connectivity index (χ3n) is 2.31. The van der Waals surface area contributed by atoms with E-state index >= 15 is 0 Å². The molecule has 0 saturated carbocycles. The molecule has 16 heavy (non-hydrogen) atoms. The zero-order chi connectivity index (χ0) is 12.3. The highest BCUT2D eigenvalue weighted by Crippen LogP contribution is 2.26. The van der Waals surface area contributed by atoms with Crippen LogP contribution in [-0.2, 0) is 12.6 Å².